The predicted octanol–water partition coefficient (Wildman–Crippen LogP) is 1.73. The lowest BCUT2D eigenvalue weighted by Crippen LogP contribution is -2.41. The van der Waals surface area contributed by atoms with Crippen LogP contribution >= 0.6 is 0 Å². The molecular formula is C14H28N2O. The maximum atomic E-state index is 5.64. The number of likely N-dealkylation sites (tertiary alicyclic amines) is 1. The van der Waals surface area contributed by atoms with Crippen molar-refractivity contribution in [2.75, 3.05) is 39.4 Å². The lowest BCUT2D eigenvalue weighted by atomic mass is 10.0. The van der Waals surface area contributed by atoms with E-state index in [1.165, 1.54) is 38.9 Å². The topological polar surface area (TPSA) is 24.5 Å². The molecule has 1 N–H and O–H groups in total. The van der Waals surface area contributed by atoms with Gasteiger partial charge in [0, 0.05) is 25.0 Å². The monoisotopic (exact) mass is 240 g/mol. The molecule has 2 fully saturated rings. The largest absolute Gasteiger partial charge is 0.379 e. The molecule has 3 atom stereocenters. The lowest BCUT2D eigenvalue weighted by molar-refractivity contribution is 0.172. The maximum absolute atomic E-state index is 5.64. The third-order valence-corrected chi connectivity index (χ3v) is 4.29. The molecular weight excluding hydrogens is 212 g/mol. The fourth-order valence-corrected chi connectivity index (χ4v) is 3.08. The summed E-state index contributed by atoms with van der Waals surface area (Å²) in [4.78, 5) is 2.65. The molecule has 0 aromatic heterocycles. The molecule has 100 valence electrons. The van der Waals surface area contributed by atoms with Crippen LogP contribution in [0.2, 0.25) is 0 Å². The van der Waals surface area contributed by atoms with Crippen molar-refractivity contribution in [3.05, 3.63) is 0 Å². The highest BCUT2D eigenvalue weighted by molar-refractivity contribution is 4.85. The average Bonchev–Trinajstić information content (AvgIpc) is 2.96. The van der Waals surface area contributed by atoms with Crippen LogP contribution in [0, 0.1) is 11.8 Å². The van der Waals surface area contributed by atoms with Crippen molar-refractivity contribution in [2.24, 2.45) is 11.8 Å². The van der Waals surface area contributed by atoms with Gasteiger partial charge in [0.1, 0.15) is 0 Å². The van der Waals surface area contributed by atoms with Gasteiger partial charge < -0.3 is 15.0 Å². The van der Waals surface area contributed by atoms with Crippen molar-refractivity contribution in [1.29, 1.82) is 0 Å². The second kappa shape index (κ2) is 6.72. The Morgan fingerprint density at radius 3 is 2.88 bits per heavy atom. The summed E-state index contributed by atoms with van der Waals surface area (Å²) in [6.07, 6.45) is 3.96. The first kappa shape index (κ1) is 13.3. The quantitative estimate of drug-likeness (QED) is 0.765. The molecule has 17 heavy (non-hydrogen) atoms. The smallest absolute Gasteiger partial charge is 0.0623 e. The first-order valence-electron chi connectivity index (χ1n) is 7.37. The SMILES string of the molecule is CCCNC1COCC1CN1CCC(CC)C1. The highest BCUT2D eigenvalue weighted by atomic mass is 16.5. The van der Waals surface area contributed by atoms with Crippen LogP contribution in [-0.2, 0) is 4.74 Å². The summed E-state index contributed by atoms with van der Waals surface area (Å²) in [5.41, 5.74) is 0. The Bertz CT molecular complexity index is 222. The minimum absolute atomic E-state index is 0.593. The molecule has 2 aliphatic rings. The van der Waals surface area contributed by atoms with Crippen molar-refractivity contribution in [3.63, 3.8) is 0 Å². The molecule has 3 heteroatoms. The van der Waals surface area contributed by atoms with E-state index in [4.69, 9.17) is 4.74 Å². The van der Waals surface area contributed by atoms with Crippen molar-refractivity contribution >= 4 is 0 Å². The van der Waals surface area contributed by atoms with E-state index in [-0.39, 0.29) is 0 Å². The van der Waals surface area contributed by atoms with E-state index < -0.39 is 0 Å². The van der Waals surface area contributed by atoms with Crippen LogP contribution in [0.15, 0.2) is 0 Å². The summed E-state index contributed by atoms with van der Waals surface area (Å²) in [5, 5.41) is 3.63. The van der Waals surface area contributed by atoms with Crippen LogP contribution in [0.3, 0.4) is 0 Å². The van der Waals surface area contributed by atoms with Gasteiger partial charge in [-0.2, -0.15) is 0 Å². The molecule has 2 rings (SSSR count). The third kappa shape index (κ3) is 3.67. The van der Waals surface area contributed by atoms with Crippen LogP contribution in [0.1, 0.15) is 33.1 Å². The van der Waals surface area contributed by atoms with Gasteiger partial charge in [-0.1, -0.05) is 20.3 Å². The molecule has 0 saturated carbocycles. The van der Waals surface area contributed by atoms with Crippen LogP contribution in [0.4, 0.5) is 0 Å². The van der Waals surface area contributed by atoms with Crippen LogP contribution in [0.25, 0.3) is 0 Å². The minimum atomic E-state index is 0.593. The zero-order valence-electron chi connectivity index (χ0n) is 11.5. The van der Waals surface area contributed by atoms with Gasteiger partial charge in [-0.25, -0.2) is 0 Å². The Morgan fingerprint density at radius 2 is 2.18 bits per heavy atom. The van der Waals surface area contributed by atoms with Gasteiger partial charge >= 0.3 is 0 Å². The minimum Gasteiger partial charge on any atom is -0.379 e. The van der Waals surface area contributed by atoms with Gasteiger partial charge in [0.05, 0.1) is 13.2 Å². The van der Waals surface area contributed by atoms with Gasteiger partial charge in [-0.3, -0.25) is 0 Å². The van der Waals surface area contributed by atoms with Gasteiger partial charge in [0.2, 0.25) is 0 Å². The molecule has 2 heterocycles. The van der Waals surface area contributed by atoms with Crippen molar-refractivity contribution in [3.8, 4) is 0 Å². The third-order valence-electron chi connectivity index (χ3n) is 4.29. The molecule has 0 amide bonds. The van der Waals surface area contributed by atoms with E-state index >= 15 is 0 Å². The van der Waals surface area contributed by atoms with Crippen molar-refractivity contribution in [1.82, 2.24) is 10.2 Å². The number of hydrogen-bond donors (Lipinski definition) is 1. The fourth-order valence-electron chi connectivity index (χ4n) is 3.08. The van der Waals surface area contributed by atoms with Crippen LogP contribution in [0.5, 0.6) is 0 Å². The standard InChI is InChI=1S/C14H28N2O/c1-3-6-15-14-11-17-10-13(14)9-16-7-5-12(4-2)8-16/h12-15H,3-11H2,1-2H3. The summed E-state index contributed by atoms with van der Waals surface area (Å²) in [7, 11) is 0. The normalized spacial score (nSPS) is 34.6. The van der Waals surface area contributed by atoms with E-state index in [1.54, 1.807) is 0 Å². The Balaban J connectivity index is 1.74. The number of ether oxygens (including phenoxy) is 1. The summed E-state index contributed by atoms with van der Waals surface area (Å²) >= 11 is 0. The van der Waals surface area contributed by atoms with Gasteiger partial charge in [0.15, 0.2) is 0 Å². The Kier molecular flexibility index (Phi) is 5.26. The van der Waals surface area contributed by atoms with Crippen molar-refractivity contribution in [2.45, 2.75) is 39.2 Å². The molecule has 0 radical (unpaired) electrons. The summed E-state index contributed by atoms with van der Waals surface area (Å²) < 4.78 is 5.64. The van der Waals surface area contributed by atoms with Gasteiger partial charge in [-0.15, -0.1) is 0 Å². The lowest BCUT2D eigenvalue weighted by Gasteiger charge is -2.24. The first-order chi connectivity index (χ1) is 8.33. The highest BCUT2D eigenvalue weighted by Crippen LogP contribution is 2.22. The number of hydrogen-bond acceptors (Lipinski definition) is 3. The summed E-state index contributed by atoms with van der Waals surface area (Å²) in [5.74, 6) is 1.65. The number of nitrogens with one attached hydrogen (secondary N) is 1. The predicted molar refractivity (Wildman–Crippen MR) is 71.2 cm³/mol. The molecule has 3 nitrogen and oxygen atoms in total. The van der Waals surface area contributed by atoms with Gasteiger partial charge in [-0.05, 0) is 31.8 Å². The summed E-state index contributed by atoms with van der Waals surface area (Å²) in [6, 6.07) is 0.593. The first-order valence-corrected chi connectivity index (χ1v) is 7.37. The Morgan fingerprint density at radius 1 is 1.29 bits per heavy atom. The highest BCUT2D eigenvalue weighted by Gasteiger charge is 2.31. The molecule has 2 saturated heterocycles. The molecule has 2 aliphatic heterocycles. The van der Waals surface area contributed by atoms with E-state index in [0.717, 1.165) is 25.7 Å². The Labute approximate surface area is 106 Å². The van der Waals surface area contributed by atoms with E-state index in [2.05, 4.69) is 24.1 Å². The Hall–Kier alpha value is -0.120. The second-order valence-corrected chi connectivity index (χ2v) is 5.68. The van der Waals surface area contributed by atoms with Crippen molar-refractivity contribution < 1.29 is 4.74 Å². The van der Waals surface area contributed by atoms with Gasteiger partial charge in [0.25, 0.3) is 0 Å². The van der Waals surface area contributed by atoms with E-state index in [0.29, 0.717) is 12.0 Å². The molecule has 0 bridgehead atoms. The number of nitrogens with zero attached hydrogens (tertiary/aromatic N) is 1. The molecule has 0 aromatic carbocycles. The maximum Gasteiger partial charge on any atom is 0.0623 e. The zero-order chi connectivity index (χ0) is 12.1. The van der Waals surface area contributed by atoms with Crippen LogP contribution < -0.4 is 5.32 Å². The van der Waals surface area contributed by atoms with Crippen LogP contribution in [-0.4, -0.2) is 50.3 Å². The molecule has 3 unspecified atom stereocenters. The van der Waals surface area contributed by atoms with E-state index in [1.807, 2.05) is 0 Å². The molecule has 0 aromatic rings. The fraction of sp³-hybridized carbons (Fsp3) is 1.00. The molecule has 0 aliphatic carbocycles. The average molecular weight is 240 g/mol. The summed E-state index contributed by atoms with van der Waals surface area (Å²) in [6.45, 7) is 11.4. The van der Waals surface area contributed by atoms with E-state index in [9.17, 15) is 0 Å². The zero-order valence-corrected chi connectivity index (χ0v) is 11.5. The second-order valence-electron chi connectivity index (χ2n) is 5.68. The number of rotatable bonds is 6. The molecule has 0 spiro atoms.